The standard InChI is InChI=1S/C40H43B3N8O6S/c41-40(42,43)57-35-14-24(13-25-6-12-55-36(25)35)21-48-8-10-49(11-9-48)28-18-39(19-28)22-50(23-39)27-1-3-31(34(16-27)56-29-15-26-5-7-45-37(26)46-20-29)38(52)47-58-30-2-4-32(44)33(17-30)51(53)54/h1-7,12-17,20,28H,8-11,18-19,21-23,41-44H2,(H,45,46)(H,47,52). The summed E-state index contributed by atoms with van der Waals surface area (Å²) in [6.45, 7) is 6.97. The Morgan fingerprint density at radius 3 is 2.62 bits per heavy atom. The normalized spacial score (nSPS) is 17.3. The van der Waals surface area contributed by atoms with E-state index < -0.39 is 10.8 Å². The summed E-state index contributed by atoms with van der Waals surface area (Å²) in [4.78, 5) is 40.0. The molecule has 3 aliphatic rings. The van der Waals surface area contributed by atoms with Crippen molar-refractivity contribution in [3.63, 3.8) is 0 Å². The number of carbonyl (C=O) groups is 1. The first-order chi connectivity index (χ1) is 27.9. The van der Waals surface area contributed by atoms with Gasteiger partial charge >= 0.3 is 0 Å². The summed E-state index contributed by atoms with van der Waals surface area (Å²) in [5.74, 6) is 1.29. The third kappa shape index (κ3) is 7.83. The van der Waals surface area contributed by atoms with E-state index >= 15 is 0 Å². The van der Waals surface area contributed by atoms with Crippen molar-refractivity contribution < 1.29 is 23.6 Å². The number of H-pyrrole nitrogens is 1. The zero-order valence-electron chi connectivity index (χ0n) is 32.7. The monoisotopic (exact) mass is 796 g/mol. The Bertz CT molecular complexity index is 2520. The molecule has 5 heterocycles. The number of carbonyl (C=O) groups excluding carboxylic acids is 1. The molecule has 1 spiro atoms. The fourth-order valence-electron chi connectivity index (χ4n) is 8.54. The summed E-state index contributed by atoms with van der Waals surface area (Å²) in [6.07, 6.45) is 7.53. The molecule has 18 heteroatoms. The number of hydrogen-bond acceptors (Lipinski definition) is 12. The largest absolute Gasteiger partial charge is 0.510 e. The summed E-state index contributed by atoms with van der Waals surface area (Å²) in [5, 5.41) is 13.0. The molecule has 2 saturated heterocycles. The molecule has 2 aliphatic heterocycles. The second kappa shape index (κ2) is 15.0. The topological polar surface area (TPSA) is 168 Å². The van der Waals surface area contributed by atoms with Gasteiger partial charge in [0.15, 0.2) is 11.3 Å². The molecule has 0 atom stereocenters. The molecular weight excluding hydrogens is 753 g/mol. The number of nitrogens with zero attached hydrogens (tertiary/aromatic N) is 5. The number of hydrogen-bond donors (Lipinski definition) is 3. The van der Waals surface area contributed by atoms with Gasteiger partial charge in [0, 0.05) is 102 Å². The number of rotatable bonds is 12. The van der Waals surface area contributed by atoms with Crippen LogP contribution in [0.3, 0.4) is 0 Å². The van der Waals surface area contributed by atoms with Crippen LogP contribution in [-0.2, 0) is 6.54 Å². The molecule has 1 aliphatic carbocycles. The summed E-state index contributed by atoms with van der Waals surface area (Å²) in [6, 6.07) is 20.8. The van der Waals surface area contributed by atoms with Crippen LogP contribution in [0, 0.1) is 15.5 Å². The number of nitrogens with two attached hydrogens (primary N) is 1. The highest BCUT2D eigenvalue weighted by molar-refractivity contribution is 7.98. The highest BCUT2D eigenvalue weighted by Crippen LogP contribution is 2.52. The lowest BCUT2D eigenvalue weighted by molar-refractivity contribution is -0.384. The van der Waals surface area contributed by atoms with Crippen molar-refractivity contribution in [1.82, 2.24) is 24.5 Å². The molecule has 9 rings (SSSR count). The van der Waals surface area contributed by atoms with E-state index in [4.69, 9.17) is 19.6 Å². The molecule has 1 amide bonds. The van der Waals surface area contributed by atoms with Gasteiger partial charge in [-0.05, 0) is 85.0 Å². The lowest BCUT2D eigenvalue weighted by atomic mass is 9.52. The SMILES string of the molecule is BC(B)(B)Oc1cc(CN2CCN(C3CC4(C3)CN(c3ccc(C(=O)NSc5ccc(N)c([N+](=O)[O-])c5)c(Oc5cnc6[nH]ccc6c5)c3)C4)CC2)cc2ccoc12. The van der Waals surface area contributed by atoms with Crippen LogP contribution in [0.1, 0.15) is 28.8 Å². The molecule has 3 aromatic carbocycles. The summed E-state index contributed by atoms with van der Waals surface area (Å²) < 4.78 is 21.2. The Balaban J connectivity index is 0.821. The van der Waals surface area contributed by atoms with E-state index in [-0.39, 0.29) is 16.7 Å². The number of anilines is 2. The van der Waals surface area contributed by atoms with Gasteiger partial charge in [-0.15, -0.1) is 0 Å². The van der Waals surface area contributed by atoms with Crippen LogP contribution in [0.4, 0.5) is 17.1 Å². The Morgan fingerprint density at radius 2 is 1.84 bits per heavy atom. The first kappa shape index (κ1) is 38.0. The number of benzene rings is 3. The van der Waals surface area contributed by atoms with E-state index in [1.165, 1.54) is 30.5 Å². The number of nitro groups is 1. The van der Waals surface area contributed by atoms with Gasteiger partial charge in [-0.1, -0.05) is 0 Å². The minimum absolute atomic E-state index is 0.0568. The van der Waals surface area contributed by atoms with Gasteiger partial charge in [0.1, 0.15) is 46.4 Å². The summed E-state index contributed by atoms with van der Waals surface area (Å²) in [5.41, 5.74) is 9.99. The number of nitrogens with one attached hydrogen (secondary N) is 2. The molecule has 0 unspecified atom stereocenters. The van der Waals surface area contributed by atoms with Crippen molar-refractivity contribution in [2.24, 2.45) is 5.41 Å². The van der Waals surface area contributed by atoms with Crippen molar-refractivity contribution in [1.29, 1.82) is 0 Å². The average Bonchev–Trinajstić information content (AvgIpc) is 3.83. The van der Waals surface area contributed by atoms with Crippen LogP contribution < -0.4 is 24.8 Å². The van der Waals surface area contributed by atoms with Gasteiger partial charge < -0.3 is 29.5 Å². The van der Waals surface area contributed by atoms with Crippen molar-refractivity contribution in [2.75, 3.05) is 49.9 Å². The Labute approximate surface area is 342 Å². The predicted octanol–water partition coefficient (Wildman–Crippen LogP) is 3.70. The van der Waals surface area contributed by atoms with Crippen molar-refractivity contribution in [2.45, 2.75) is 35.6 Å². The maximum absolute atomic E-state index is 13.6. The molecule has 58 heavy (non-hydrogen) atoms. The van der Waals surface area contributed by atoms with Gasteiger partial charge in [-0.25, -0.2) is 4.98 Å². The first-order valence-electron chi connectivity index (χ1n) is 19.5. The number of piperazine rings is 1. The van der Waals surface area contributed by atoms with E-state index in [1.54, 1.807) is 24.6 Å². The fourth-order valence-corrected chi connectivity index (χ4v) is 9.17. The van der Waals surface area contributed by atoms with Gasteiger partial charge in [0.2, 0.25) is 0 Å². The molecule has 3 aromatic heterocycles. The second-order valence-corrected chi connectivity index (χ2v) is 17.6. The molecule has 0 bridgehead atoms. The Kier molecular flexibility index (Phi) is 9.81. The summed E-state index contributed by atoms with van der Waals surface area (Å²) in [7, 11) is 6.17. The zero-order chi connectivity index (χ0) is 40.2. The third-order valence-corrected chi connectivity index (χ3v) is 12.1. The number of aromatic nitrogens is 2. The molecule has 3 fully saturated rings. The number of nitrogen functional groups attached to an aromatic ring is 1. The van der Waals surface area contributed by atoms with Crippen molar-refractivity contribution in [3.8, 4) is 17.2 Å². The molecule has 1 saturated carbocycles. The highest BCUT2D eigenvalue weighted by atomic mass is 32.2. The number of furan rings is 1. The molecular formula is C40H43B3N8O6S. The first-order valence-corrected chi connectivity index (χ1v) is 20.4. The zero-order valence-corrected chi connectivity index (χ0v) is 33.5. The Morgan fingerprint density at radius 1 is 1.03 bits per heavy atom. The molecule has 14 nitrogen and oxygen atoms in total. The van der Waals surface area contributed by atoms with E-state index in [2.05, 4.69) is 65.1 Å². The lowest BCUT2D eigenvalue weighted by Crippen LogP contribution is -2.68. The van der Waals surface area contributed by atoms with E-state index in [0.717, 1.165) is 91.2 Å². The average molecular weight is 796 g/mol. The van der Waals surface area contributed by atoms with Crippen molar-refractivity contribution in [3.05, 3.63) is 107 Å². The maximum Gasteiger partial charge on any atom is 0.293 e. The number of fused-ring (bicyclic) bond motifs is 2. The van der Waals surface area contributed by atoms with Gasteiger partial charge in [0.25, 0.3) is 11.6 Å². The second-order valence-electron chi connectivity index (χ2n) is 16.8. The highest BCUT2D eigenvalue weighted by Gasteiger charge is 2.54. The molecule has 0 radical (unpaired) electrons. The third-order valence-electron chi connectivity index (χ3n) is 11.4. The number of amides is 1. The quantitative estimate of drug-likeness (QED) is 0.0541. The predicted molar refractivity (Wildman–Crippen MR) is 233 cm³/mol. The number of nitro benzene ring substituents is 1. The van der Waals surface area contributed by atoms with Gasteiger partial charge in [0.05, 0.1) is 22.9 Å². The lowest BCUT2D eigenvalue weighted by Gasteiger charge is -2.62. The number of pyridine rings is 1. The smallest absolute Gasteiger partial charge is 0.293 e. The summed E-state index contributed by atoms with van der Waals surface area (Å²) >= 11 is 0.976. The van der Waals surface area contributed by atoms with Crippen molar-refractivity contribution >= 4 is 80.5 Å². The van der Waals surface area contributed by atoms with E-state index in [9.17, 15) is 14.9 Å². The van der Waals surface area contributed by atoms with Crippen LogP contribution in [0.2, 0.25) is 0 Å². The molecule has 6 aromatic rings. The number of ether oxygens (including phenoxy) is 2. The van der Waals surface area contributed by atoms with E-state index in [0.29, 0.717) is 33.4 Å². The van der Waals surface area contributed by atoms with Crippen LogP contribution in [-0.4, -0.2) is 105 Å². The minimum atomic E-state index is -0.544. The van der Waals surface area contributed by atoms with Crippen LogP contribution >= 0.6 is 11.9 Å². The van der Waals surface area contributed by atoms with Crippen LogP contribution in [0.15, 0.2) is 94.7 Å². The fraction of sp³-hybridized carbons (Fsp3) is 0.300. The molecule has 4 N–H and O–H groups in total. The minimum Gasteiger partial charge on any atom is -0.510 e. The van der Waals surface area contributed by atoms with E-state index in [1.807, 2.05) is 36.5 Å². The van der Waals surface area contributed by atoms with Crippen LogP contribution in [0.25, 0.3) is 22.0 Å². The molecule has 294 valence electrons. The van der Waals surface area contributed by atoms with Crippen LogP contribution in [0.5, 0.6) is 17.2 Å². The van der Waals surface area contributed by atoms with Gasteiger partial charge in [-0.2, -0.15) is 0 Å². The maximum atomic E-state index is 13.6. The van der Waals surface area contributed by atoms with Gasteiger partial charge in [-0.3, -0.25) is 29.4 Å². The number of aromatic amines is 1. The Hall–Kier alpha value is -5.58.